The third-order valence-electron chi connectivity index (χ3n) is 4.06. The lowest BCUT2D eigenvalue weighted by Crippen LogP contribution is -2.53. The second-order valence-corrected chi connectivity index (χ2v) is 5.27. The lowest BCUT2D eigenvalue weighted by molar-refractivity contribution is 0.00596. The molecule has 1 amide bonds. The maximum Gasteiger partial charge on any atom is 0.256 e. The number of aromatic nitrogens is 1. The lowest BCUT2D eigenvalue weighted by Gasteiger charge is -2.36. The Labute approximate surface area is 117 Å². The molecule has 0 atom stereocenters. The normalized spacial score (nSPS) is 15.5. The molecule has 5 heteroatoms. The van der Waals surface area contributed by atoms with Crippen molar-refractivity contribution in [1.29, 1.82) is 0 Å². The van der Waals surface area contributed by atoms with Gasteiger partial charge in [-0.15, -0.1) is 0 Å². The summed E-state index contributed by atoms with van der Waals surface area (Å²) in [6.45, 7) is 2.77. The second kappa shape index (κ2) is 4.52. The number of fused-ring (bicyclic) bond motifs is 1. The summed E-state index contributed by atoms with van der Waals surface area (Å²) < 4.78 is 7.26. The van der Waals surface area contributed by atoms with Crippen LogP contribution < -0.4 is 4.74 Å². The van der Waals surface area contributed by atoms with Crippen LogP contribution in [0, 0.1) is 6.92 Å². The van der Waals surface area contributed by atoms with Crippen molar-refractivity contribution < 1.29 is 14.6 Å². The van der Waals surface area contributed by atoms with E-state index in [-0.39, 0.29) is 12.0 Å². The standard InChI is InChI=1S/C15H18N2O3/c1-9-14(15(19)17-7-10(18)8-17)12-6-11(20-3)4-5-13(12)16(9)2/h4-6,10,18H,7-8H2,1-3H3. The molecule has 1 aromatic carbocycles. The smallest absolute Gasteiger partial charge is 0.256 e. The van der Waals surface area contributed by atoms with Gasteiger partial charge in [0.05, 0.1) is 18.8 Å². The maximum absolute atomic E-state index is 12.6. The van der Waals surface area contributed by atoms with Crippen LogP contribution in [0.3, 0.4) is 0 Å². The molecule has 0 aliphatic carbocycles. The van der Waals surface area contributed by atoms with Crippen molar-refractivity contribution in [3.63, 3.8) is 0 Å². The summed E-state index contributed by atoms with van der Waals surface area (Å²) in [6.07, 6.45) is -0.385. The Morgan fingerprint density at radius 2 is 2.10 bits per heavy atom. The van der Waals surface area contributed by atoms with Crippen molar-refractivity contribution >= 4 is 16.8 Å². The predicted octanol–water partition coefficient (Wildman–Crippen LogP) is 1.31. The summed E-state index contributed by atoms with van der Waals surface area (Å²) in [5.74, 6) is 0.715. The predicted molar refractivity (Wildman–Crippen MR) is 76.1 cm³/mol. The van der Waals surface area contributed by atoms with Gasteiger partial charge in [0.15, 0.2) is 0 Å². The highest BCUT2D eigenvalue weighted by Crippen LogP contribution is 2.30. The molecule has 0 spiro atoms. The van der Waals surface area contributed by atoms with Crippen LogP contribution in [0.2, 0.25) is 0 Å². The molecule has 0 unspecified atom stereocenters. The molecule has 1 aliphatic heterocycles. The van der Waals surface area contributed by atoms with Gasteiger partial charge in [-0.05, 0) is 25.1 Å². The molecule has 1 aliphatic rings. The Kier molecular flexibility index (Phi) is 2.94. The molecule has 2 aromatic rings. The van der Waals surface area contributed by atoms with Crippen molar-refractivity contribution in [3.05, 3.63) is 29.5 Å². The third kappa shape index (κ3) is 1.78. The van der Waals surface area contributed by atoms with E-state index < -0.39 is 0 Å². The minimum atomic E-state index is -0.385. The zero-order chi connectivity index (χ0) is 14.4. The van der Waals surface area contributed by atoms with Crippen LogP contribution in [0.1, 0.15) is 16.1 Å². The number of rotatable bonds is 2. The fraction of sp³-hybridized carbons (Fsp3) is 0.400. The number of likely N-dealkylation sites (tertiary alicyclic amines) is 1. The van der Waals surface area contributed by atoms with Gasteiger partial charge in [-0.1, -0.05) is 0 Å². The molecule has 0 bridgehead atoms. The van der Waals surface area contributed by atoms with E-state index in [0.29, 0.717) is 18.7 Å². The summed E-state index contributed by atoms with van der Waals surface area (Å²) in [4.78, 5) is 14.3. The molecular formula is C15H18N2O3. The minimum Gasteiger partial charge on any atom is -0.497 e. The van der Waals surface area contributed by atoms with Gasteiger partial charge in [0.25, 0.3) is 5.91 Å². The summed E-state index contributed by atoms with van der Waals surface area (Å²) in [7, 11) is 3.57. The SMILES string of the molecule is COc1ccc2c(c1)c(C(=O)N1CC(O)C1)c(C)n2C. The van der Waals surface area contributed by atoms with E-state index in [9.17, 15) is 9.90 Å². The maximum atomic E-state index is 12.6. The molecule has 1 N–H and O–H groups in total. The minimum absolute atomic E-state index is 0.0216. The van der Waals surface area contributed by atoms with E-state index in [4.69, 9.17) is 4.74 Å². The van der Waals surface area contributed by atoms with Crippen LogP contribution in [-0.2, 0) is 7.05 Å². The van der Waals surface area contributed by atoms with Crippen molar-refractivity contribution in [2.45, 2.75) is 13.0 Å². The number of aliphatic hydroxyl groups excluding tert-OH is 1. The van der Waals surface area contributed by atoms with Gasteiger partial charge in [-0.2, -0.15) is 0 Å². The number of carbonyl (C=O) groups is 1. The van der Waals surface area contributed by atoms with Gasteiger partial charge >= 0.3 is 0 Å². The van der Waals surface area contributed by atoms with Crippen LogP contribution in [-0.4, -0.2) is 46.8 Å². The number of ether oxygens (including phenoxy) is 1. The quantitative estimate of drug-likeness (QED) is 0.898. The zero-order valence-corrected chi connectivity index (χ0v) is 11.9. The van der Waals surface area contributed by atoms with Gasteiger partial charge in [0.2, 0.25) is 0 Å². The Bertz CT molecular complexity index is 684. The van der Waals surface area contributed by atoms with Crippen molar-refractivity contribution in [2.24, 2.45) is 7.05 Å². The number of benzene rings is 1. The highest BCUT2D eigenvalue weighted by Gasteiger charge is 2.32. The highest BCUT2D eigenvalue weighted by atomic mass is 16.5. The lowest BCUT2D eigenvalue weighted by atomic mass is 10.1. The first-order valence-electron chi connectivity index (χ1n) is 6.63. The summed E-state index contributed by atoms with van der Waals surface area (Å²) in [5, 5.41) is 10.3. The number of methoxy groups -OCH3 is 1. The largest absolute Gasteiger partial charge is 0.497 e. The molecule has 0 radical (unpaired) electrons. The van der Waals surface area contributed by atoms with Gasteiger partial charge in [0.1, 0.15) is 5.75 Å². The van der Waals surface area contributed by atoms with Gasteiger partial charge in [-0.3, -0.25) is 4.79 Å². The van der Waals surface area contributed by atoms with Crippen LogP contribution in [0.15, 0.2) is 18.2 Å². The number of hydrogen-bond acceptors (Lipinski definition) is 3. The number of amides is 1. The molecule has 0 saturated carbocycles. The number of β-amino-alcohol motifs (C(OH)–C–C–N with tert-alkyl or cyclic N) is 1. The average molecular weight is 274 g/mol. The first-order valence-corrected chi connectivity index (χ1v) is 6.63. The Morgan fingerprint density at radius 1 is 1.40 bits per heavy atom. The van der Waals surface area contributed by atoms with Crippen molar-refractivity contribution in [1.82, 2.24) is 9.47 Å². The van der Waals surface area contributed by atoms with Crippen LogP contribution in [0.5, 0.6) is 5.75 Å². The molecule has 1 aromatic heterocycles. The molecular weight excluding hydrogens is 256 g/mol. The van der Waals surface area contributed by atoms with Crippen molar-refractivity contribution in [3.8, 4) is 5.75 Å². The highest BCUT2D eigenvalue weighted by molar-refractivity contribution is 6.09. The van der Waals surface area contributed by atoms with Crippen LogP contribution >= 0.6 is 0 Å². The molecule has 106 valence electrons. The number of carbonyl (C=O) groups excluding carboxylic acids is 1. The van der Waals surface area contributed by atoms with E-state index >= 15 is 0 Å². The average Bonchev–Trinajstić information content (AvgIpc) is 2.66. The fourth-order valence-corrected chi connectivity index (χ4v) is 2.73. The second-order valence-electron chi connectivity index (χ2n) is 5.27. The number of hydrogen-bond donors (Lipinski definition) is 1. The van der Waals surface area contributed by atoms with E-state index in [0.717, 1.165) is 22.3 Å². The van der Waals surface area contributed by atoms with Gasteiger partial charge < -0.3 is 19.3 Å². The van der Waals surface area contributed by atoms with Crippen LogP contribution in [0.4, 0.5) is 0 Å². The molecule has 1 fully saturated rings. The number of aryl methyl sites for hydroxylation is 1. The first kappa shape index (κ1) is 13.0. The summed E-state index contributed by atoms with van der Waals surface area (Å²) >= 11 is 0. The number of nitrogens with zero attached hydrogens (tertiary/aromatic N) is 2. The van der Waals surface area contributed by atoms with Crippen LogP contribution in [0.25, 0.3) is 10.9 Å². The first-order chi connectivity index (χ1) is 9.52. The van der Waals surface area contributed by atoms with Crippen molar-refractivity contribution in [2.75, 3.05) is 20.2 Å². The molecule has 20 heavy (non-hydrogen) atoms. The topological polar surface area (TPSA) is 54.7 Å². The molecule has 5 nitrogen and oxygen atoms in total. The Morgan fingerprint density at radius 3 is 2.70 bits per heavy atom. The fourth-order valence-electron chi connectivity index (χ4n) is 2.73. The monoisotopic (exact) mass is 274 g/mol. The molecule has 1 saturated heterocycles. The molecule has 3 rings (SSSR count). The Balaban J connectivity index is 2.13. The summed E-state index contributed by atoms with van der Waals surface area (Å²) in [6, 6.07) is 5.75. The Hall–Kier alpha value is -2.01. The van der Waals surface area contributed by atoms with E-state index in [1.807, 2.05) is 36.7 Å². The third-order valence-corrected chi connectivity index (χ3v) is 4.06. The van der Waals surface area contributed by atoms with Gasteiger partial charge in [0, 0.05) is 36.7 Å². The zero-order valence-electron chi connectivity index (χ0n) is 11.9. The van der Waals surface area contributed by atoms with E-state index in [1.165, 1.54) is 0 Å². The van der Waals surface area contributed by atoms with Gasteiger partial charge in [-0.25, -0.2) is 0 Å². The summed E-state index contributed by atoms with van der Waals surface area (Å²) in [5.41, 5.74) is 2.64. The van der Waals surface area contributed by atoms with E-state index in [1.54, 1.807) is 12.0 Å². The number of aliphatic hydroxyl groups is 1. The van der Waals surface area contributed by atoms with E-state index in [2.05, 4.69) is 0 Å². The molecule has 2 heterocycles.